The normalized spacial score (nSPS) is 11.1. The molecule has 0 unspecified atom stereocenters. The summed E-state index contributed by atoms with van der Waals surface area (Å²) in [6.45, 7) is 1.89. The van der Waals surface area contributed by atoms with Crippen molar-refractivity contribution in [2.45, 2.75) is 25.8 Å². The van der Waals surface area contributed by atoms with E-state index < -0.39 is 0 Å². The summed E-state index contributed by atoms with van der Waals surface area (Å²) < 4.78 is 13.6. The first-order valence-electron chi connectivity index (χ1n) is 5.82. The number of hydrogen-bond acceptors (Lipinski definition) is 1. The Bertz CT molecular complexity index is 346. The van der Waals surface area contributed by atoms with Crippen molar-refractivity contribution in [3.8, 4) is 0 Å². The van der Waals surface area contributed by atoms with Crippen LogP contribution in [0.3, 0.4) is 0 Å². The van der Waals surface area contributed by atoms with Crippen LogP contribution in [-0.2, 0) is 6.54 Å². The van der Waals surface area contributed by atoms with Gasteiger partial charge in [-0.1, -0.05) is 12.5 Å². The highest BCUT2D eigenvalue weighted by Gasteiger charge is 2.03. The molecule has 96 valence electrons. The molecule has 0 radical (unpaired) electrons. The number of halogens is 3. The van der Waals surface area contributed by atoms with Crippen molar-refractivity contribution in [3.05, 3.63) is 34.1 Å². The molecular formula is C13H18BrClFN. The molecule has 0 saturated carbocycles. The molecule has 0 N–H and O–H groups in total. The van der Waals surface area contributed by atoms with Gasteiger partial charge in [0.05, 0.1) is 4.47 Å². The highest BCUT2D eigenvalue weighted by Crippen LogP contribution is 2.17. The Kier molecular flexibility index (Phi) is 7.09. The third-order valence-electron chi connectivity index (χ3n) is 2.61. The van der Waals surface area contributed by atoms with Gasteiger partial charge in [-0.05, 0) is 60.1 Å². The standard InChI is InChI=1S/C13H18BrClFN/c1-17(8-4-2-3-7-15)10-11-5-6-13(16)12(14)9-11/h5-6,9H,2-4,7-8,10H2,1H3. The molecule has 0 bridgehead atoms. The Morgan fingerprint density at radius 3 is 2.71 bits per heavy atom. The minimum absolute atomic E-state index is 0.210. The highest BCUT2D eigenvalue weighted by molar-refractivity contribution is 9.10. The van der Waals surface area contributed by atoms with E-state index >= 15 is 0 Å². The van der Waals surface area contributed by atoms with E-state index in [9.17, 15) is 4.39 Å². The van der Waals surface area contributed by atoms with E-state index in [-0.39, 0.29) is 5.82 Å². The van der Waals surface area contributed by atoms with Crippen molar-refractivity contribution in [2.24, 2.45) is 0 Å². The second-order valence-electron chi connectivity index (χ2n) is 4.24. The van der Waals surface area contributed by atoms with Crippen molar-refractivity contribution in [1.82, 2.24) is 4.90 Å². The molecular weight excluding hydrogens is 305 g/mol. The second-order valence-corrected chi connectivity index (χ2v) is 5.47. The summed E-state index contributed by atoms with van der Waals surface area (Å²) in [7, 11) is 2.08. The summed E-state index contributed by atoms with van der Waals surface area (Å²) in [5.41, 5.74) is 1.12. The third-order valence-corrected chi connectivity index (χ3v) is 3.48. The van der Waals surface area contributed by atoms with Crippen LogP contribution in [0.5, 0.6) is 0 Å². The Morgan fingerprint density at radius 2 is 2.06 bits per heavy atom. The molecule has 0 heterocycles. The molecule has 0 atom stereocenters. The molecule has 0 aliphatic carbocycles. The molecule has 0 aliphatic heterocycles. The maximum Gasteiger partial charge on any atom is 0.137 e. The summed E-state index contributed by atoms with van der Waals surface area (Å²) in [6.07, 6.45) is 3.41. The van der Waals surface area contributed by atoms with Crippen molar-refractivity contribution in [1.29, 1.82) is 0 Å². The summed E-state index contributed by atoms with van der Waals surface area (Å²) >= 11 is 8.83. The highest BCUT2D eigenvalue weighted by atomic mass is 79.9. The Labute approximate surface area is 116 Å². The van der Waals surface area contributed by atoms with Crippen molar-refractivity contribution >= 4 is 27.5 Å². The topological polar surface area (TPSA) is 3.24 Å². The van der Waals surface area contributed by atoms with Crippen LogP contribution in [0.2, 0.25) is 0 Å². The monoisotopic (exact) mass is 321 g/mol. The molecule has 0 aliphatic rings. The van der Waals surface area contributed by atoms with E-state index in [4.69, 9.17) is 11.6 Å². The lowest BCUT2D eigenvalue weighted by Gasteiger charge is -2.16. The largest absolute Gasteiger partial charge is 0.302 e. The average molecular weight is 323 g/mol. The van der Waals surface area contributed by atoms with Gasteiger partial charge in [-0.25, -0.2) is 4.39 Å². The van der Waals surface area contributed by atoms with Crippen molar-refractivity contribution < 1.29 is 4.39 Å². The molecule has 0 spiro atoms. The number of unbranched alkanes of at least 4 members (excludes halogenated alkanes) is 2. The first kappa shape index (κ1) is 14.9. The predicted octanol–water partition coefficient (Wildman–Crippen LogP) is 4.43. The fourth-order valence-electron chi connectivity index (χ4n) is 1.68. The predicted molar refractivity (Wildman–Crippen MR) is 75.0 cm³/mol. The molecule has 4 heteroatoms. The van der Waals surface area contributed by atoms with Gasteiger partial charge in [0.2, 0.25) is 0 Å². The fourth-order valence-corrected chi connectivity index (χ4v) is 2.30. The van der Waals surface area contributed by atoms with Crippen LogP contribution in [0, 0.1) is 5.82 Å². The van der Waals surface area contributed by atoms with Crippen LogP contribution in [0.25, 0.3) is 0 Å². The van der Waals surface area contributed by atoms with Crippen LogP contribution in [0.15, 0.2) is 22.7 Å². The lowest BCUT2D eigenvalue weighted by molar-refractivity contribution is 0.318. The van der Waals surface area contributed by atoms with Crippen LogP contribution in [0.1, 0.15) is 24.8 Å². The zero-order valence-electron chi connectivity index (χ0n) is 10.1. The third kappa shape index (κ3) is 5.84. The van der Waals surface area contributed by atoms with E-state index in [1.165, 1.54) is 12.5 Å². The van der Waals surface area contributed by atoms with E-state index in [0.717, 1.165) is 37.4 Å². The van der Waals surface area contributed by atoms with Gasteiger partial charge in [-0.2, -0.15) is 0 Å². The number of hydrogen-bond donors (Lipinski definition) is 0. The van der Waals surface area contributed by atoms with Crippen LogP contribution in [0.4, 0.5) is 4.39 Å². The first-order valence-corrected chi connectivity index (χ1v) is 7.14. The molecule has 0 saturated heterocycles. The summed E-state index contributed by atoms with van der Waals surface area (Å²) in [6, 6.07) is 5.17. The summed E-state index contributed by atoms with van der Waals surface area (Å²) in [5, 5.41) is 0. The van der Waals surface area contributed by atoms with Gasteiger partial charge in [0.15, 0.2) is 0 Å². The van der Waals surface area contributed by atoms with Gasteiger partial charge in [0.25, 0.3) is 0 Å². The van der Waals surface area contributed by atoms with Crippen LogP contribution >= 0.6 is 27.5 Å². The lowest BCUT2D eigenvalue weighted by Crippen LogP contribution is -2.19. The minimum atomic E-state index is -0.210. The first-order chi connectivity index (χ1) is 8.13. The lowest BCUT2D eigenvalue weighted by atomic mass is 10.2. The van der Waals surface area contributed by atoms with Gasteiger partial charge < -0.3 is 4.90 Å². The Balaban J connectivity index is 2.34. The van der Waals surface area contributed by atoms with E-state index in [1.54, 1.807) is 0 Å². The van der Waals surface area contributed by atoms with Gasteiger partial charge in [-0.3, -0.25) is 0 Å². The SMILES string of the molecule is CN(CCCCCCl)Cc1ccc(F)c(Br)c1. The molecule has 0 fully saturated rings. The maximum absolute atomic E-state index is 13.1. The number of nitrogens with zero attached hydrogens (tertiary/aromatic N) is 1. The minimum Gasteiger partial charge on any atom is -0.302 e. The van der Waals surface area contributed by atoms with Gasteiger partial charge in [0.1, 0.15) is 5.82 Å². The van der Waals surface area contributed by atoms with Gasteiger partial charge >= 0.3 is 0 Å². The molecule has 1 nitrogen and oxygen atoms in total. The van der Waals surface area contributed by atoms with E-state index in [0.29, 0.717) is 4.47 Å². The molecule has 1 aromatic carbocycles. The zero-order valence-corrected chi connectivity index (χ0v) is 12.4. The molecule has 1 aromatic rings. The molecule has 0 aromatic heterocycles. The van der Waals surface area contributed by atoms with E-state index in [1.807, 2.05) is 12.1 Å². The number of alkyl halides is 1. The number of rotatable bonds is 7. The molecule has 17 heavy (non-hydrogen) atoms. The van der Waals surface area contributed by atoms with E-state index in [2.05, 4.69) is 27.9 Å². The smallest absolute Gasteiger partial charge is 0.137 e. The Hall–Kier alpha value is -0.120. The Morgan fingerprint density at radius 1 is 1.29 bits per heavy atom. The zero-order chi connectivity index (χ0) is 12.7. The van der Waals surface area contributed by atoms with Crippen molar-refractivity contribution in [3.63, 3.8) is 0 Å². The fraction of sp³-hybridized carbons (Fsp3) is 0.538. The van der Waals surface area contributed by atoms with Crippen LogP contribution < -0.4 is 0 Å². The second kappa shape index (κ2) is 8.06. The molecule has 0 amide bonds. The van der Waals surface area contributed by atoms with Crippen LogP contribution in [-0.4, -0.2) is 24.4 Å². The number of benzene rings is 1. The summed E-state index contributed by atoms with van der Waals surface area (Å²) in [4.78, 5) is 2.24. The molecule has 1 rings (SSSR count). The van der Waals surface area contributed by atoms with Gasteiger partial charge in [0, 0.05) is 12.4 Å². The van der Waals surface area contributed by atoms with Gasteiger partial charge in [-0.15, -0.1) is 11.6 Å². The summed E-state index contributed by atoms with van der Waals surface area (Å²) in [5.74, 6) is 0.535. The quantitative estimate of drug-likeness (QED) is 0.530. The average Bonchev–Trinajstić information content (AvgIpc) is 2.30. The van der Waals surface area contributed by atoms with Crippen molar-refractivity contribution in [2.75, 3.05) is 19.5 Å². The maximum atomic E-state index is 13.1.